The van der Waals surface area contributed by atoms with Crippen LogP contribution >= 0.6 is 0 Å². The zero-order valence-corrected chi connectivity index (χ0v) is 18.2. The number of amides is 1. The average molecular weight is 431 g/mol. The van der Waals surface area contributed by atoms with Crippen molar-refractivity contribution in [1.82, 2.24) is 4.98 Å². The second kappa shape index (κ2) is 10.3. The minimum atomic E-state index is -1.32. The molecule has 3 N–H and O–H groups in total. The summed E-state index contributed by atoms with van der Waals surface area (Å²) in [5.41, 5.74) is 7.37. The summed E-state index contributed by atoms with van der Waals surface area (Å²) in [6.45, 7) is 4.53. The molecule has 0 spiro atoms. The Morgan fingerprint density at radius 1 is 1.03 bits per heavy atom. The first-order chi connectivity index (χ1) is 15.5. The Morgan fingerprint density at radius 3 is 2.12 bits per heavy atom. The van der Waals surface area contributed by atoms with Gasteiger partial charge in [0.15, 0.2) is 0 Å². The minimum Gasteiger partial charge on any atom is -0.478 e. The lowest BCUT2D eigenvalue weighted by atomic mass is 9.82. The number of anilines is 1. The molecule has 7 nitrogen and oxygen atoms in total. The van der Waals surface area contributed by atoms with Crippen molar-refractivity contribution >= 4 is 11.6 Å². The van der Waals surface area contributed by atoms with Crippen molar-refractivity contribution in [2.45, 2.75) is 25.8 Å². The molecule has 1 unspecified atom stereocenters. The van der Waals surface area contributed by atoms with Crippen LogP contribution in [-0.2, 0) is 16.8 Å². The summed E-state index contributed by atoms with van der Waals surface area (Å²) in [4.78, 5) is 17.5. The highest BCUT2D eigenvalue weighted by Gasteiger charge is 2.40. The fraction of sp³-hybridized carbons (Fsp3) is 0.240. The first-order valence-electron chi connectivity index (χ1n) is 10.4. The van der Waals surface area contributed by atoms with Crippen LogP contribution in [0, 0.1) is 11.3 Å². The van der Waals surface area contributed by atoms with Gasteiger partial charge in [-0.2, -0.15) is 10.2 Å². The highest BCUT2D eigenvalue weighted by atomic mass is 16.5. The summed E-state index contributed by atoms with van der Waals surface area (Å²) < 4.78 is 11.3. The fourth-order valence-corrected chi connectivity index (χ4v) is 3.46. The largest absolute Gasteiger partial charge is 0.478 e. The quantitative estimate of drug-likeness (QED) is 0.506. The number of primary amides is 1. The van der Waals surface area contributed by atoms with Crippen LogP contribution in [0.2, 0.25) is 0 Å². The number of pyridine rings is 1. The molecule has 0 aliphatic carbocycles. The number of aromatic nitrogens is 1. The first kappa shape index (κ1) is 22.6. The molecule has 3 rings (SSSR count). The van der Waals surface area contributed by atoms with Crippen LogP contribution in [0.5, 0.6) is 11.8 Å². The van der Waals surface area contributed by atoms with E-state index in [4.69, 9.17) is 20.5 Å². The number of nitrogens with two attached hydrogens (primary N) is 1. The molecule has 164 valence electrons. The van der Waals surface area contributed by atoms with Gasteiger partial charge in [-0.1, -0.05) is 30.3 Å². The number of ether oxygens (including phenoxy) is 2. The molecule has 0 saturated carbocycles. The predicted molar refractivity (Wildman–Crippen MR) is 122 cm³/mol. The third-order valence-electron chi connectivity index (χ3n) is 4.96. The number of nitrogens with zero attached hydrogens (tertiary/aromatic N) is 2. The molecule has 0 aliphatic heterocycles. The molecule has 0 radical (unpaired) electrons. The number of hydrogen-bond acceptors (Lipinski definition) is 6. The zero-order valence-electron chi connectivity index (χ0n) is 18.2. The number of nitrogens with one attached hydrogen (secondary N) is 1. The molecular weight excluding hydrogens is 404 g/mol. The summed E-state index contributed by atoms with van der Waals surface area (Å²) in [5, 5.41) is 12.4. The van der Waals surface area contributed by atoms with Crippen LogP contribution < -0.4 is 20.5 Å². The van der Waals surface area contributed by atoms with Gasteiger partial charge < -0.3 is 20.5 Å². The smallest absolute Gasteiger partial charge is 0.248 e. The van der Waals surface area contributed by atoms with Crippen LogP contribution in [0.15, 0.2) is 66.7 Å². The molecule has 0 fully saturated rings. The molecule has 2 aromatic carbocycles. The highest BCUT2D eigenvalue weighted by Crippen LogP contribution is 2.34. The Balaban J connectivity index is 2.17. The maximum atomic E-state index is 13.1. The van der Waals surface area contributed by atoms with Crippen LogP contribution in [0.1, 0.15) is 30.5 Å². The van der Waals surface area contributed by atoms with E-state index in [1.807, 2.05) is 44.2 Å². The lowest BCUT2D eigenvalue weighted by Gasteiger charge is -2.34. The molecule has 1 amide bonds. The molecule has 0 aliphatic rings. The monoisotopic (exact) mass is 430 g/mol. The second-order valence-corrected chi connectivity index (χ2v) is 7.14. The predicted octanol–water partition coefficient (Wildman–Crippen LogP) is 3.79. The van der Waals surface area contributed by atoms with Gasteiger partial charge in [-0.15, -0.1) is 0 Å². The standard InChI is InChI=1S/C25H26N4O3/c1-3-31-22-14-20(15-23(28-22)32-4-2)25(24(27)30,16-18-8-6-5-7-9-18)29-21-12-10-19(17-26)11-13-21/h5-15,29H,3-4,16H2,1-2H3,(H2,27,30). The van der Waals surface area contributed by atoms with Gasteiger partial charge in [-0.3, -0.25) is 4.79 Å². The fourth-order valence-electron chi connectivity index (χ4n) is 3.46. The average Bonchev–Trinajstić information content (AvgIpc) is 2.80. The van der Waals surface area contributed by atoms with Gasteiger partial charge in [0.05, 0.1) is 24.8 Å². The van der Waals surface area contributed by atoms with Crippen molar-refractivity contribution in [3.63, 3.8) is 0 Å². The van der Waals surface area contributed by atoms with E-state index in [0.717, 1.165) is 5.56 Å². The van der Waals surface area contributed by atoms with E-state index >= 15 is 0 Å². The third kappa shape index (κ3) is 5.16. The zero-order chi connectivity index (χ0) is 23.0. The molecule has 3 aromatic rings. The lowest BCUT2D eigenvalue weighted by Crippen LogP contribution is -2.49. The highest BCUT2D eigenvalue weighted by molar-refractivity contribution is 5.90. The molecular formula is C25H26N4O3. The van der Waals surface area contributed by atoms with Gasteiger partial charge in [-0.25, -0.2) is 0 Å². The van der Waals surface area contributed by atoms with Gasteiger partial charge in [0, 0.05) is 24.2 Å². The third-order valence-corrected chi connectivity index (χ3v) is 4.96. The molecule has 0 saturated heterocycles. The van der Waals surface area contributed by atoms with Crippen LogP contribution in [0.4, 0.5) is 5.69 Å². The van der Waals surface area contributed by atoms with Crippen molar-refractivity contribution in [1.29, 1.82) is 5.26 Å². The van der Waals surface area contributed by atoms with E-state index in [9.17, 15) is 4.79 Å². The Hall–Kier alpha value is -4.05. The van der Waals surface area contributed by atoms with E-state index < -0.39 is 11.4 Å². The number of carbonyl (C=O) groups excluding carboxylic acids is 1. The number of carbonyl (C=O) groups is 1. The molecule has 0 bridgehead atoms. The first-order valence-corrected chi connectivity index (χ1v) is 10.4. The van der Waals surface area contributed by atoms with Crippen molar-refractivity contribution in [3.05, 3.63) is 83.4 Å². The Kier molecular flexibility index (Phi) is 7.29. The Morgan fingerprint density at radius 2 is 1.62 bits per heavy atom. The van der Waals surface area contributed by atoms with Gasteiger partial charge >= 0.3 is 0 Å². The van der Waals surface area contributed by atoms with E-state index in [1.54, 1.807) is 36.4 Å². The number of benzene rings is 2. The van der Waals surface area contributed by atoms with E-state index in [0.29, 0.717) is 41.8 Å². The summed E-state index contributed by atoms with van der Waals surface area (Å²) in [6.07, 6.45) is 0.282. The van der Waals surface area contributed by atoms with Gasteiger partial charge in [0.2, 0.25) is 17.7 Å². The van der Waals surface area contributed by atoms with Crippen LogP contribution in [0.25, 0.3) is 0 Å². The number of rotatable bonds is 10. The SMILES string of the molecule is CCOc1cc(C(Cc2ccccc2)(Nc2ccc(C#N)cc2)C(N)=O)cc(OCC)n1. The Bertz CT molecular complexity index is 1070. The summed E-state index contributed by atoms with van der Waals surface area (Å²) in [5.74, 6) is 0.115. The van der Waals surface area contributed by atoms with E-state index in [2.05, 4.69) is 16.4 Å². The van der Waals surface area contributed by atoms with Crippen molar-refractivity contribution in [2.75, 3.05) is 18.5 Å². The summed E-state index contributed by atoms with van der Waals surface area (Å²) in [6, 6.07) is 22.0. The van der Waals surface area contributed by atoms with Crippen molar-refractivity contribution < 1.29 is 14.3 Å². The number of hydrogen-bond donors (Lipinski definition) is 2. The number of nitriles is 1. The molecule has 32 heavy (non-hydrogen) atoms. The summed E-state index contributed by atoms with van der Waals surface area (Å²) >= 11 is 0. The second-order valence-electron chi connectivity index (χ2n) is 7.14. The van der Waals surface area contributed by atoms with Gasteiger partial charge in [0.1, 0.15) is 5.54 Å². The maximum Gasteiger partial charge on any atom is 0.248 e. The van der Waals surface area contributed by atoms with Crippen molar-refractivity contribution in [2.24, 2.45) is 5.73 Å². The normalized spacial score (nSPS) is 12.3. The minimum absolute atomic E-state index is 0.282. The molecule has 1 aromatic heterocycles. The van der Waals surface area contributed by atoms with Crippen LogP contribution in [0.3, 0.4) is 0 Å². The van der Waals surface area contributed by atoms with Crippen molar-refractivity contribution in [3.8, 4) is 17.8 Å². The topological polar surface area (TPSA) is 110 Å². The van der Waals surface area contributed by atoms with Gasteiger partial charge in [0.25, 0.3) is 0 Å². The van der Waals surface area contributed by atoms with Gasteiger partial charge in [-0.05, 0) is 49.2 Å². The Labute approximate surface area is 187 Å². The molecule has 7 heteroatoms. The molecule has 1 heterocycles. The summed E-state index contributed by atoms with van der Waals surface area (Å²) in [7, 11) is 0. The van der Waals surface area contributed by atoms with E-state index in [-0.39, 0.29) is 6.42 Å². The molecule has 1 atom stereocenters. The van der Waals surface area contributed by atoms with E-state index in [1.165, 1.54) is 0 Å². The lowest BCUT2D eigenvalue weighted by molar-refractivity contribution is -0.122. The van der Waals surface area contributed by atoms with Crippen LogP contribution in [-0.4, -0.2) is 24.1 Å². The maximum absolute atomic E-state index is 13.1.